The van der Waals surface area contributed by atoms with E-state index in [9.17, 15) is 0 Å². The second-order valence-electron chi connectivity index (χ2n) is 2.48. The van der Waals surface area contributed by atoms with Gasteiger partial charge in [0.05, 0.1) is 6.54 Å². The molecule has 0 aliphatic heterocycles. The molecule has 13 heavy (non-hydrogen) atoms. The lowest BCUT2D eigenvalue weighted by atomic mass is 10.3. The summed E-state index contributed by atoms with van der Waals surface area (Å²) < 4.78 is 0. The van der Waals surface area contributed by atoms with Gasteiger partial charge in [-0.25, -0.2) is 0 Å². The van der Waals surface area contributed by atoms with Crippen molar-refractivity contribution in [2.45, 2.75) is 0 Å². The second-order valence-corrected chi connectivity index (χ2v) is 2.93. The highest BCUT2D eigenvalue weighted by Gasteiger charge is 1.91. The first-order valence-corrected chi connectivity index (χ1v) is 4.69. The molecule has 0 saturated carbocycles. The van der Waals surface area contributed by atoms with Crippen molar-refractivity contribution in [1.29, 1.82) is 0 Å². The normalized spacial score (nSPS) is 11.3. The van der Waals surface area contributed by atoms with Crippen LogP contribution in [0.2, 0.25) is 0 Å². The molecule has 4 heteroatoms. The molecular formula is C9H13N3S. The molecule has 0 bridgehead atoms. The second kappa shape index (κ2) is 5.48. The molecule has 0 amide bonds. The summed E-state index contributed by atoms with van der Waals surface area (Å²) in [5.41, 5.74) is 6.54. The number of aliphatic imine (C=N–C) groups is 1. The summed E-state index contributed by atoms with van der Waals surface area (Å²) in [5, 5.41) is 2.97. The van der Waals surface area contributed by atoms with Crippen LogP contribution >= 0.6 is 12.6 Å². The van der Waals surface area contributed by atoms with Gasteiger partial charge in [0.1, 0.15) is 0 Å². The summed E-state index contributed by atoms with van der Waals surface area (Å²) in [4.78, 5) is 4.04. The van der Waals surface area contributed by atoms with E-state index in [1.807, 2.05) is 30.3 Å². The van der Waals surface area contributed by atoms with Crippen molar-refractivity contribution in [3.8, 4) is 0 Å². The van der Waals surface area contributed by atoms with Gasteiger partial charge in [-0.1, -0.05) is 18.2 Å². The lowest BCUT2D eigenvalue weighted by molar-refractivity contribution is 1.14. The van der Waals surface area contributed by atoms with E-state index in [4.69, 9.17) is 5.73 Å². The molecule has 0 unspecified atom stereocenters. The van der Waals surface area contributed by atoms with Gasteiger partial charge < -0.3 is 11.1 Å². The third kappa shape index (κ3) is 3.85. The maximum Gasteiger partial charge on any atom is 0.193 e. The van der Waals surface area contributed by atoms with E-state index in [-0.39, 0.29) is 0 Å². The number of hydrogen-bond acceptors (Lipinski definition) is 2. The number of para-hydroxylation sites is 1. The maximum absolute atomic E-state index is 5.60. The van der Waals surface area contributed by atoms with Crippen molar-refractivity contribution in [3.05, 3.63) is 30.3 Å². The van der Waals surface area contributed by atoms with Crippen LogP contribution in [0.3, 0.4) is 0 Å². The molecule has 1 rings (SSSR count). The monoisotopic (exact) mass is 195 g/mol. The lowest BCUT2D eigenvalue weighted by Gasteiger charge is -2.03. The van der Waals surface area contributed by atoms with E-state index in [0.717, 1.165) is 5.69 Å². The molecular weight excluding hydrogens is 182 g/mol. The minimum Gasteiger partial charge on any atom is -0.370 e. The van der Waals surface area contributed by atoms with E-state index in [2.05, 4.69) is 22.9 Å². The molecule has 0 heterocycles. The van der Waals surface area contributed by atoms with Crippen molar-refractivity contribution < 1.29 is 0 Å². The van der Waals surface area contributed by atoms with Crippen molar-refractivity contribution in [1.82, 2.24) is 0 Å². The average Bonchev–Trinajstić information content (AvgIpc) is 2.16. The van der Waals surface area contributed by atoms with Crippen LogP contribution in [0.4, 0.5) is 5.69 Å². The number of thiol groups is 1. The van der Waals surface area contributed by atoms with Crippen LogP contribution in [0.1, 0.15) is 0 Å². The predicted octanol–water partition coefficient (Wildman–Crippen LogP) is 1.34. The number of benzene rings is 1. The molecule has 0 saturated heterocycles. The molecule has 3 nitrogen and oxygen atoms in total. The molecule has 0 aliphatic carbocycles. The zero-order valence-corrected chi connectivity index (χ0v) is 8.17. The Morgan fingerprint density at radius 2 is 2.08 bits per heavy atom. The minimum atomic E-state index is 0.431. The van der Waals surface area contributed by atoms with E-state index in [1.165, 1.54) is 0 Å². The Morgan fingerprint density at radius 1 is 1.38 bits per heavy atom. The fraction of sp³-hybridized carbons (Fsp3) is 0.222. The Bertz CT molecular complexity index is 271. The Labute approximate surface area is 83.5 Å². The molecule has 1 aromatic rings. The minimum absolute atomic E-state index is 0.431. The fourth-order valence-electron chi connectivity index (χ4n) is 0.879. The Balaban J connectivity index is 2.50. The van der Waals surface area contributed by atoms with Gasteiger partial charge in [-0.3, -0.25) is 4.99 Å². The van der Waals surface area contributed by atoms with E-state index >= 15 is 0 Å². The van der Waals surface area contributed by atoms with Gasteiger partial charge in [0.25, 0.3) is 0 Å². The lowest BCUT2D eigenvalue weighted by Crippen LogP contribution is -2.22. The summed E-state index contributed by atoms with van der Waals surface area (Å²) in [6.07, 6.45) is 0. The smallest absolute Gasteiger partial charge is 0.193 e. The molecule has 70 valence electrons. The van der Waals surface area contributed by atoms with Crippen LogP contribution in [0.15, 0.2) is 35.3 Å². The van der Waals surface area contributed by atoms with Gasteiger partial charge in [0, 0.05) is 11.4 Å². The van der Waals surface area contributed by atoms with Crippen LogP contribution in [0, 0.1) is 0 Å². The van der Waals surface area contributed by atoms with Gasteiger partial charge in [-0.05, 0) is 12.1 Å². The highest BCUT2D eigenvalue weighted by Crippen LogP contribution is 2.03. The van der Waals surface area contributed by atoms with Crippen molar-refractivity contribution in [2.75, 3.05) is 17.6 Å². The maximum atomic E-state index is 5.60. The Kier molecular flexibility index (Phi) is 4.18. The summed E-state index contributed by atoms with van der Waals surface area (Å²) in [5.74, 6) is 1.14. The van der Waals surface area contributed by atoms with Crippen LogP contribution in [-0.4, -0.2) is 18.3 Å². The molecule has 0 spiro atoms. The van der Waals surface area contributed by atoms with Gasteiger partial charge in [0.15, 0.2) is 5.96 Å². The zero-order chi connectivity index (χ0) is 9.52. The number of nitrogens with two attached hydrogens (primary N) is 1. The molecule has 0 radical (unpaired) electrons. The Morgan fingerprint density at radius 3 is 2.69 bits per heavy atom. The number of nitrogens with zero attached hydrogens (tertiary/aromatic N) is 1. The molecule has 0 aliphatic rings. The van der Waals surface area contributed by atoms with Crippen molar-refractivity contribution in [2.24, 2.45) is 10.7 Å². The first-order chi connectivity index (χ1) is 6.33. The molecule has 0 fully saturated rings. The molecule has 0 aromatic heterocycles. The van der Waals surface area contributed by atoms with Crippen molar-refractivity contribution in [3.63, 3.8) is 0 Å². The largest absolute Gasteiger partial charge is 0.370 e. The first-order valence-electron chi connectivity index (χ1n) is 4.06. The number of hydrogen-bond donors (Lipinski definition) is 3. The highest BCUT2D eigenvalue weighted by molar-refractivity contribution is 7.80. The molecule has 3 N–H and O–H groups in total. The summed E-state index contributed by atoms with van der Waals surface area (Å²) in [6.45, 7) is 0.634. The van der Waals surface area contributed by atoms with Crippen molar-refractivity contribution >= 4 is 24.3 Å². The predicted molar refractivity (Wildman–Crippen MR) is 60.4 cm³/mol. The third-order valence-electron chi connectivity index (χ3n) is 1.43. The van der Waals surface area contributed by atoms with Crippen LogP contribution < -0.4 is 11.1 Å². The summed E-state index contributed by atoms with van der Waals surface area (Å²) in [7, 11) is 0. The zero-order valence-electron chi connectivity index (χ0n) is 7.27. The number of anilines is 1. The molecule has 0 atom stereocenters. The number of nitrogens with one attached hydrogen (secondary N) is 1. The topological polar surface area (TPSA) is 50.4 Å². The van der Waals surface area contributed by atoms with Crippen LogP contribution in [0.5, 0.6) is 0 Å². The quantitative estimate of drug-likeness (QED) is 0.387. The summed E-state index contributed by atoms with van der Waals surface area (Å²) >= 11 is 4.03. The van der Waals surface area contributed by atoms with Crippen LogP contribution in [-0.2, 0) is 0 Å². The standard InChI is InChI=1S/C9H13N3S/c10-9(11-6-7-13)12-8-4-2-1-3-5-8/h1-5,13H,6-7H2,(H3,10,11,12). The number of rotatable bonds is 3. The van der Waals surface area contributed by atoms with Gasteiger partial charge in [-0.2, -0.15) is 12.6 Å². The average molecular weight is 195 g/mol. The van der Waals surface area contributed by atoms with Gasteiger partial charge in [0.2, 0.25) is 0 Å². The molecule has 1 aromatic carbocycles. The van der Waals surface area contributed by atoms with E-state index < -0.39 is 0 Å². The summed E-state index contributed by atoms with van der Waals surface area (Å²) in [6, 6.07) is 9.70. The SMILES string of the molecule is NC(=NCCS)Nc1ccccc1. The van der Waals surface area contributed by atoms with Gasteiger partial charge >= 0.3 is 0 Å². The fourth-order valence-corrected chi connectivity index (χ4v) is 0.979. The van der Waals surface area contributed by atoms with E-state index in [0.29, 0.717) is 18.3 Å². The van der Waals surface area contributed by atoms with Gasteiger partial charge in [-0.15, -0.1) is 0 Å². The number of guanidine groups is 1. The highest BCUT2D eigenvalue weighted by atomic mass is 32.1. The Hall–Kier alpha value is -1.16. The van der Waals surface area contributed by atoms with E-state index in [1.54, 1.807) is 0 Å². The van der Waals surface area contributed by atoms with Crippen LogP contribution in [0.25, 0.3) is 0 Å². The third-order valence-corrected chi connectivity index (χ3v) is 1.63. The first kappa shape index (κ1) is 9.92.